The predicted octanol–water partition coefficient (Wildman–Crippen LogP) is 5.40. The largest absolute Gasteiger partial charge is 0.294 e. The van der Waals surface area contributed by atoms with Crippen molar-refractivity contribution in [3.8, 4) is 5.69 Å². The van der Waals surface area contributed by atoms with E-state index < -0.39 is 5.82 Å². The summed E-state index contributed by atoms with van der Waals surface area (Å²) in [7, 11) is 0. The lowest BCUT2D eigenvalue weighted by Gasteiger charge is -2.12. The quantitative estimate of drug-likeness (QED) is 0.116. The standard InChI is InChI=1S/C19H19FN4O2S2.C3H6.C2H6/c1-2-3-4-5-12-10-27-17-16(12)18(26)24(14-8-6-13(20)7-9-14)19(22-17)28-11-15(25)23-21;1-3-2;1-2/h3-4,6-10H,2,5,11,21H2,1H3,(H,23,25);3H,1H2,2H3;1-2H3/b4-3-;;. The van der Waals surface area contributed by atoms with Gasteiger partial charge in [0.25, 0.3) is 5.56 Å². The number of halogens is 1. The Bertz CT molecular complexity index is 1120. The topological polar surface area (TPSA) is 90.0 Å². The Hall–Kier alpha value is -2.75. The Morgan fingerprint density at radius 1 is 1.30 bits per heavy atom. The van der Waals surface area contributed by atoms with E-state index in [-0.39, 0.29) is 17.2 Å². The van der Waals surface area contributed by atoms with Crippen LogP contribution in [0.25, 0.3) is 15.9 Å². The molecule has 33 heavy (non-hydrogen) atoms. The van der Waals surface area contributed by atoms with Crippen LogP contribution in [0.4, 0.5) is 4.39 Å². The smallest absolute Gasteiger partial charge is 0.267 e. The van der Waals surface area contributed by atoms with E-state index in [1.165, 1.54) is 40.2 Å². The molecule has 0 saturated heterocycles. The van der Waals surface area contributed by atoms with Gasteiger partial charge in [-0.05, 0) is 55.0 Å². The number of allylic oxidation sites excluding steroid dienone is 3. The van der Waals surface area contributed by atoms with Crippen LogP contribution in [0.2, 0.25) is 0 Å². The van der Waals surface area contributed by atoms with E-state index >= 15 is 0 Å². The molecular weight excluding hydrogens is 459 g/mol. The molecule has 0 aliphatic heterocycles. The number of carbonyl (C=O) groups is 1. The minimum atomic E-state index is -0.400. The highest BCUT2D eigenvalue weighted by Crippen LogP contribution is 2.27. The summed E-state index contributed by atoms with van der Waals surface area (Å²) in [5.41, 5.74) is 3.20. The molecular formula is C24H31FN4O2S2. The lowest BCUT2D eigenvalue weighted by Crippen LogP contribution is -2.32. The number of rotatable bonds is 7. The number of thiophene rings is 1. The Balaban J connectivity index is 0.00000101. The van der Waals surface area contributed by atoms with Gasteiger partial charge in [-0.2, -0.15) is 0 Å². The number of hydrogen-bond acceptors (Lipinski definition) is 6. The summed E-state index contributed by atoms with van der Waals surface area (Å²) >= 11 is 2.49. The summed E-state index contributed by atoms with van der Waals surface area (Å²) in [4.78, 5) is 30.1. The second-order valence-electron chi connectivity index (χ2n) is 6.30. The summed E-state index contributed by atoms with van der Waals surface area (Å²) in [5, 5.41) is 2.82. The van der Waals surface area contributed by atoms with Gasteiger partial charge in [0.15, 0.2) is 5.16 Å². The first kappa shape index (κ1) is 28.3. The summed E-state index contributed by atoms with van der Waals surface area (Å²) < 4.78 is 14.8. The minimum Gasteiger partial charge on any atom is -0.294 e. The molecule has 0 aliphatic carbocycles. The van der Waals surface area contributed by atoms with Crippen molar-refractivity contribution in [3.63, 3.8) is 0 Å². The van der Waals surface area contributed by atoms with Crippen molar-refractivity contribution < 1.29 is 9.18 Å². The molecule has 0 unspecified atom stereocenters. The van der Waals surface area contributed by atoms with Crippen molar-refractivity contribution in [2.24, 2.45) is 5.84 Å². The number of fused-ring (bicyclic) bond motifs is 1. The highest BCUT2D eigenvalue weighted by molar-refractivity contribution is 7.99. The number of amides is 1. The van der Waals surface area contributed by atoms with Crippen LogP contribution in [0.3, 0.4) is 0 Å². The van der Waals surface area contributed by atoms with E-state index in [9.17, 15) is 14.0 Å². The second kappa shape index (κ2) is 15.2. The first-order valence-corrected chi connectivity index (χ1v) is 12.5. The monoisotopic (exact) mass is 490 g/mol. The Morgan fingerprint density at radius 3 is 2.52 bits per heavy atom. The molecule has 0 atom stereocenters. The van der Waals surface area contributed by atoms with Crippen molar-refractivity contribution in [2.75, 3.05) is 5.75 Å². The third-order valence-electron chi connectivity index (χ3n) is 3.97. The number of carbonyl (C=O) groups excluding carboxylic acids is 1. The van der Waals surface area contributed by atoms with E-state index in [0.29, 0.717) is 27.5 Å². The number of nitrogens with two attached hydrogens (primary N) is 1. The Labute approximate surface area is 202 Å². The fourth-order valence-electron chi connectivity index (χ4n) is 2.64. The van der Waals surface area contributed by atoms with Crippen LogP contribution < -0.4 is 16.8 Å². The van der Waals surface area contributed by atoms with E-state index in [2.05, 4.69) is 17.0 Å². The fourth-order valence-corrected chi connectivity index (χ4v) is 4.46. The molecule has 0 saturated carbocycles. The van der Waals surface area contributed by atoms with Crippen molar-refractivity contribution in [1.29, 1.82) is 0 Å². The van der Waals surface area contributed by atoms with Crippen molar-refractivity contribution in [1.82, 2.24) is 15.0 Å². The summed E-state index contributed by atoms with van der Waals surface area (Å²) in [6.45, 7) is 11.3. The van der Waals surface area contributed by atoms with Crippen LogP contribution in [0.15, 0.2) is 64.4 Å². The molecule has 0 spiro atoms. The molecule has 178 valence electrons. The molecule has 0 fully saturated rings. The van der Waals surface area contributed by atoms with Gasteiger partial charge >= 0.3 is 0 Å². The maximum absolute atomic E-state index is 13.4. The van der Waals surface area contributed by atoms with Crippen LogP contribution >= 0.6 is 23.1 Å². The molecule has 3 rings (SSSR count). The summed E-state index contributed by atoms with van der Waals surface area (Å²) in [6, 6.07) is 5.59. The van der Waals surface area contributed by atoms with Gasteiger partial charge in [-0.25, -0.2) is 15.2 Å². The number of hydrogen-bond donors (Lipinski definition) is 2. The van der Waals surface area contributed by atoms with Gasteiger partial charge in [0.1, 0.15) is 10.6 Å². The number of hydrazine groups is 1. The maximum atomic E-state index is 13.4. The van der Waals surface area contributed by atoms with E-state index in [1.54, 1.807) is 6.08 Å². The van der Waals surface area contributed by atoms with Crippen LogP contribution in [0, 0.1) is 5.82 Å². The lowest BCUT2D eigenvalue weighted by atomic mass is 10.1. The number of aromatic nitrogens is 2. The molecule has 0 aliphatic rings. The van der Waals surface area contributed by atoms with Gasteiger partial charge in [0.2, 0.25) is 5.91 Å². The van der Waals surface area contributed by atoms with E-state index in [1.807, 2.05) is 45.2 Å². The normalized spacial score (nSPS) is 10.2. The molecule has 3 N–H and O–H groups in total. The number of nitrogens with zero attached hydrogens (tertiary/aromatic N) is 2. The highest BCUT2D eigenvalue weighted by atomic mass is 32.2. The molecule has 0 radical (unpaired) electrons. The van der Waals surface area contributed by atoms with Crippen molar-refractivity contribution >= 4 is 39.2 Å². The molecule has 9 heteroatoms. The first-order valence-electron chi connectivity index (χ1n) is 10.6. The number of thioether (sulfide) groups is 1. The Morgan fingerprint density at radius 2 is 1.94 bits per heavy atom. The molecule has 2 aromatic heterocycles. The van der Waals surface area contributed by atoms with Crippen molar-refractivity contribution in [2.45, 2.75) is 45.7 Å². The van der Waals surface area contributed by atoms with Gasteiger partial charge in [-0.1, -0.05) is 50.8 Å². The molecule has 2 heterocycles. The second-order valence-corrected chi connectivity index (χ2v) is 8.10. The van der Waals surface area contributed by atoms with Gasteiger partial charge < -0.3 is 0 Å². The molecule has 6 nitrogen and oxygen atoms in total. The third kappa shape index (κ3) is 7.96. The zero-order valence-electron chi connectivity index (χ0n) is 19.4. The lowest BCUT2D eigenvalue weighted by molar-refractivity contribution is -0.118. The van der Waals surface area contributed by atoms with Crippen LogP contribution in [-0.2, 0) is 11.2 Å². The predicted molar refractivity (Wildman–Crippen MR) is 139 cm³/mol. The molecule has 1 aromatic carbocycles. The van der Waals surface area contributed by atoms with Crippen LogP contribution in [0.1, 0.15) is 39.7 Å². The van der Waals surface area contributed by atoms with Gasteiger partial charge in [0.05, 0.1) is 16.8 Å². The van der Waals surface area contributed by atoms with Gasteiger partial charge in [0, 0.05) is 0 Å². The van der Waals surface area contributed by atoms with Gasteiger partial charge in [-0.3, -0.25) is 19.6 Å². The first-order chi connectivity index (χ1) is 16.0. The number of nitrogens with one attached hydrogen (secondary N) is 1. The van der Waals surface area contributed by atoms with Crippen molar-refractivity contribution in [3.05, 3.63) is 76.2 Å². The third-order valence-corrected chi connectivity index (χ3v) is 5.83. The van der Waals surface area contributed by atoms with E-state index in [0.717, 1.165) is 23.7 Å². The molecule has 3 aromatic rings. The van der Waals surface area contributed by atoms with E-state index in [4.69, 9.17) is 5.84 Å². The minimum absolute atomic E-state index is 0.00706. The maximum Gasteiger partial charge on any atom is 0.267 e. The van der Waals surface area contributed by atoms with Gasteiger partial charge in [-0.15, -0.1) is 17.9 Å². The molecule has 1 amide bonds. The fraction of sp³-hybridized carbons (Fsp3) is 0.292. The molecule has 0 bridgehead atoms. The Kier molecular flexibility index (Phi) is 13.0. The summed E-state index contributed by atoms with van der Waals surface area (Å²) in [6.07, 6.45) is 7.38. The summed E-state index contributed by atoms with van der Waals surface area (Å²) in [5.74, 6) is 4.36. The zero-order valence-corrected chi connectivity index (χ0v) is 21.1. The average molecular weight is 491 g/mol. The SMILES string of the molecule is C=CC.CC.CC/C=C\Cc1csc2nc(SCC(=O)NN)n(-c3ccc(F)cc3)c(=O)c12. The average Bonchev–Trinajstić information content (AvgIpc) is 3.23. The zero-order chi connectivity index (χ0) is 24.8. The highest BCUT2D eigenvalue weighted by Gasteiger charge is 2.18. The van der Waals surface area contributed by atoms with Crippen LogP contribution in [0.5, 0.6) is 0 Å². The number of benzene rings is 1. The van der Waals surface area contributed by atoms with Crippen LogP contribution in [-0.4, -0.2) is 21.2 Å².